The highest BCUT2D eigenvalue weighted by Crippen LogP contribution is 2.20. The number of hydrogen-bond donors (Lipinski definition) is 2. The van der Waals surface area contributed by atoms with Crippen LogP contribution in [-0.4, -0.2) is 21.6 Å². The van der Waals surface area contributed by atoms with Gasteiger partial charge in [-0.2, -0.15) is 15.0 Å². The fourth-order valence-corrected chi connectivity index (χ4v) is 1.70. The predicted octanol–water partition coefficient (Wildman–Crippen LogP) is 2.21. The van der Waals surface area contributed by atoms with E-state index in [0.29, 0.717) is 12.6 Å². The Morgan fingerprint density at radius 3 is 2.68 bits per heavy atom. The molecule has 0 unspecified atom stereocenters. The molecule has 2 aromatic rings. The first-order valence-corrected chi connectivity index (χ1v) is 6.07. The molecule has 0 saturated heterocycles. The largest absolute Gasteiger partial charge is 0.464 e. The standard InChI is InChI=1S/C13H17N5O/c1-4-19-13-17-11(14)16-12(18-13)15-10-6-5-8(2)7-9(10)3/h5-7H,4H2,1-3H3,(H3,14,15,16,17,18). The van der Waals surface area contributed by atoms with Crippen molar-refractivity contribution < 1.29 is 4.74 Å². The van der Waals surface area contributed by atoms with E-state index in [4.69, 9.17) is 10.5 Å². The maximum Gasteiger partial charge on any atom is 0.323 e. The van der Waals surface area contributed by atoms with Gasteiger partial charge >= 0.3 is 6.01 Å². The van der Waals surface area contributed by atoms with Crippen LogP contribution in [-0.2, 0) is 0 Å². The molecule has 0 aliphatic heterocycles. The van der Waals surface area contributed by atoms with Gasteiger partial charge in [0.2, 0.25) is 11.9 Å². The molecule has 1 heterocycles. The number of nitrogens with two attached hydrogens (primary N) is 1. The predicted molar refractivity (Wildman–Crippen MR) is 74.6 cm³/mol. The lowest BCUT2D eigenvalue weighted by Gasteiger charge is -2.10. The second kappa shape index (κ2) is 5.51. The van der Waals surface area contributed by atoms with Crippen molar-refractivity contribution in [1.82, 2.24) is 15.0 Å². The maximum absolute atomic E-state index is 5.62. The Morgan fingerprint density at radius 1 is 1.21 bits per heavy atom. The molecular formula is C13H17N5O. The van der Waals surface area contributed by atoms with Crippen molar-refractivity contribution in [1.29, 1.82) is 0 Å². The number of anilines is 3. The number of ether oxygens (including phenoxy) is 1. The van der Waals surface area contributed by atoms with Crippen LogP contribution in [0.25, 0.3) is 0 Å². The van der Waals surface area contributed by atoms with Gasteiger partial charge in [0.05, 0.1) is 6.61 Å². The molecular weight excluding hydrogens is 242 g/mol. The van der Waals surface area contributed by atoms with Crippen molar-refractivity contribution >= 4 is 17.6 Å². The van der Waals surface area contributed by atoms with E-state index < -0.39 is 0 Å². The highest BCUT2D eigenvalue weighted by atomic mass is 16.5. The van der Waals surface area contributed by atoms with Gasteiger partial charge in [-0.25, -0.2) is 0 Å². The fraction of sp³-hybridized carbons (Fsp3) is 0.308. The summed E-state index contributed by atoms with van der Waals surface area (Å²) in [6.07, 6.45) is 0. The number of nitrogens with zero attached hydrogens (tertiary/aromatic N) is 3. The summed E-state index contributed by atoms with van der Waals surface area (Å²) >= 11 is 0. The van der Waals surface area contributed by atoms with Gasteiger partial charge in [-0.3, -0.25) is 0 Å². The number of nitrogens with one attached hydrogen (secondary N) is 1. The van der Waals surface area contributed by atoms with Gasteiger partial charge in [-0.15, -0.1) is 0 Å². The molecule has 0 saturated carbocycles. The van der Waals surface area contributed by atoms with Gasteiger partial charge < -0.3 is 15.8 Å². The Kier molecular flexibility index (Phi) is 3.79. The van der Waals surface area contributed by atoms with E-state index in [2.05, 4.69) is 26.3 Å². The summed E-state index contributed by atoms with van der Waals surface area (Å²) in [4.78, 5) is 12.1. The van der Waals surface area contributed by atoms with Crippen molar-refractivity contribution in [3.8, 4) is 6.01 Å². The van der Waals surface area contributed by atoms with E-state index in [-0.39, 0.29) is 12.0 Å². The van der Waals surface area contributed by atoms with Gasteiger partial charge in [-0.05, 0) is 32.4 Å². The summed E-state index contributed by atoms with van der Waals surface area (Å²) in [6.45, 7) is 6.40. The highest BCUT2D eigenvalue weighted by Gasteiger charge is 2.06. The molecule has 0 fully saturated rings. The number of aromatic nitrogens is 3. The lowest BCUT2D eigenvalue weighted by Crippen LogP contribution is -2.07. The quantitative estimate of drug-likeness (QED) is 0.875. The lowest BCUT2D eigenvalue weighted by atomic mass is 10.1. The Bertz CT molecular complexity index is 585. The van der Waals surface area contributed by atoms with E-state index in [0.717, 1.165) is 11.3 Å². The SMILES string of the molecule is CCOc1nc(N)nc(Nc2ccc(C)cc2C)n1. The van der Waals surface area contributed by atoms with E-state index in [1.807, 2.05) is 32.9 Å². The Balaban J connectivity index is 2.27. The molecule has 0 aliphatic rings. The maximum atomic E-state index is 5.62. The van der Waals surface area contributed by atoms with E-state index >= 15 is 0 Å². The van der Waals surface area contributed by atoms with Crippen LogP contribution in [0, 0.1) is 13.8 Å². The van der Waals surface area contributed by atoms with Crippen molar-refractivity contribution in [3.05, 3.63) is 29.3 Å². The zero-order valence-corrected chi connectivity index (χ0v) is 11.3. The Hall–Kier alpha value is -2.37. The van der Waals surface area contributed by atoms with Gasteiger partial charge in [0.15, 0.2) is 0 Å². The molecule has 1 aromatic heterocycles. The Morgan fingerprint density at radius 2 is 2.00 bits per heavy atom. The van der Waals surface area contributed by atoms with Gasteiger partial charge in [0, 0.05) is 5.69 Å². The molecule has 0 amide bonds. The molecule has 0 bridgehead atoms. The number of aryl methyl sites for hydroxylation is 2. The summed E-state index contributed by atoms with van der Waals surface area (Å²) in [5.74, 6) is 0.508. The van der Waals surface area contributed by atoms with Gasteiger partial charge in [0.1, 0.15) is 0 Å². The zero-order valence-electron chi connectivity index (χ0n) is 11.3. The van der Waals surface area contributed by atoms with Crippen molar-refractivity contribution in [2.75, 3.05) is 17.7 Å². The second-order valence-corrected chi connectivity index (χ2v) is 4.18. The van der Waals surface area contributed by atoms with Crippen LogP contribution in [0.4, 0.5) is 17.6 Å². The average molecular weight is 259 g/mol. The summed E-state index contributed by atoms with van der Waals surface area (Å²) < 4.78 is 5.23. The van der Waals surface area contributed by atoms with E-state index in [9.17, 15) is 0 Å². The number of rotatable bonds is 4. The number of nitrogen functional groups attached to an aromatic ring is 1. The van der Waals surface area contributed by atoms with Crippen LogP contribution in [0.15, 0.2) is 18.2 Å². The molecule has 19 heavy (non-hydrogen) atoms. The summed E-state index contributed by atoms with van der Waals surface area (Å²) in [7, 11) is 0. The normalized spacial score (nSPS) is 10.3. The molecule has 0 radical (unpaired) electrons. The van der Waals surface area contributed by atoms with Crippen molar-refractivity contribution in [3.63, 3.8) is 0 Å². The van der Waals surface area contributed by atoms with Crippen LogP contribution in [0.5, 0.6) is 6.01 Å². The third-order valence-corrected chi connectivity index (χ3v) is 2.53. The first-order valence-electron chi connectivity index (χ1n) is 6.07. The van der Waals surface area contributed by atoms with Gasteiger partial charge in [0.25, 0.3) is 0 Å². The van der Waals surface area contributed by atoms with Crippen LogP contribution in [0.1, 0.15) is 18.1 Å². The smallest absolute Gasteiger partial charge is 0.323 e. The molecule has 3 N–H and O–H groups in total. The molecule has 6 heteroatoms. The summed E-state index contributed by atoms with van der Waals surface area (Å²) in [6, 6.07) is 6.30. The molecule has 100 valence electrons. The minimum absolute atomic E-state index is 0.130. The highest BCUT2D eigenvalue weighted by molar-refractivity contribution is 5.59. The number of benzene rings is 1. The fourth-order valence-electron chi connectivity index (χ4n) is 1.70. The van der Waals surface area contributed by atoms with Crippen LogP contribution < -0.4 is 15.8 Å². The summed E-state index contributed by atoms with van der Waals surface area (Å²) in [5, 5.41) is 3.12. The molecule has 6 nitrogen and oxygen atoms in total. The molecule has 0 atom stereocenters. The van der Waals surface area contributed by atoms with Crippen molar-refractivity contribution in [2.45, 2.75) is 20.8 Å². The van der Waals surface area contributed by atoms with E-state index in [1.54, 1.807) is 0 Å². The Labute approximate surface area is 112 Å². The first kappa shape index (κ1) is 13.1. The first-order chi connectivity index (χ1) is 9.08. The molecule has 1 aromatic carbocycles. The molecule has 2 rings (SSSR count). The van der Waals surface area contributed by atoms with Crippen LogP contribution in [0.2, 0.25) is 0 Å². The number of hydrogen-bond acceptors (Lipinski definition) is 6. The third kappa shape index (κ3) is 3.31. The van der Waals surface area contributed by atoms with E-state index in [1.165, 1.54) is 5.56 Å². The van der Waals surface area contributed by atoms with Crippen LogP contribution in [0.3, 0.4) is 0 Å². The lowest BCUT2D eigenvalue weighted by molar-refractivity contribution is 0.312. The minimum Gasteiger partial charge on any atom is -0.464 e. The van der Waals surface area contributed by atoms with Crippen molar-refractivity contribution in [2.24, 2.45) is 0 Å². The molecule has 0 spiro atoms. The monoisotopic (exact) mass is 259 g/mol. The van der Waals surface area contributed by atoms with Gasteiger partial charge in [-0.1, -0.05) is 17.7 Å². The average Bonchev–Trinajstić information content (AvgIpc) is 2.32. The van der Waals surface area contributed by atoms with Crippen LogP contribution >= 0.6 is 0 Å². The zero-order chi connectivity index (χ0) is 13.8. The second-order valence-electron chi connectivity index (χ2n) is 4.18. The third-order valence-electron chi connectivity index (χ3n) is 2.53. The molecule has 0 aliphatic carbocycles. The topological polar surface area (TPSA) is 86.0 Å². The summed E-state index contributed by atoms with van der Waals surface area (Å²) in [5.41, 5.74) is 8.86. The minimum atomic E-state index is 0.130.